The summed E-state index contributed by atoms with van der Waals surface area (Å²) in [4.78, 5) is 7.88. The first-order valence-electron chi connectivity index (χ1n) is 5.83. The molecule has 0 aliphatic heterocycles. The van der Waals surface area contributed by atoms with Crippen molar-refractivity contribution >= 4 is 27.5 Å². The Morgan fingerprint density at radius 1 is 1.16 bits per heavy atom. The molecule has 1 aromatic heterocycles. The molecule has 0 spiro atoms. The van der Waals surface area contributed by atoms with E-state index in [-0.39, 0.29) is 10.7 Å². The van der Waals surface area contributed by atoms with E-state index in [1.165, 1.54) is 5.56 Å². The second-order valence-electron chi connectivity index (χ2n) is 5.17. The van der Waals surface area contributed by atoms with Gasteiger partial charge in [-0.2, -0.15) is 4.98 Å². The SMILES string of the molecule is CC(C)(C)c1ccc(Oc2nc(Cl)ncc2Br)cc1. The summed E-state index contributed by atoms with van der Waals surface area (Å²) >= 11 is 9.07. The fourth-order valence-corrected chi connectivity index (χ4v) is 1.93. The summed E-state index contributed by atoms with van der Waals surface area (Å²) < 4.78 is 6.34. The second kappa shape index (κ2) is 5.47. The third-order valence-corrected chi connectivity index (χ3v) is 3.34. The van der Waals surface area contributed by atoms with E-state index in [2.05, 4.69) is 46.7 Å². The zero-order valence-electron chi connectivity index (χ0n) is 10.9. The molecule has 0 aliphatic rings. The van der Waals surface area contributed by atoms with Gasteiger partial charge >= 0.3 is 0 Å². The van der Waals surface area contributed by atoms with E-state index in [0.717, 1.165) is 0 Å². The Bertz CT molecular complexity index is 579. The summed E-state index contributed by atoms with van der Waals surface area (Å²) in [5.74, 6) is 1.12. The molecule has 0 fully saturated rings. The molecule has 100 valence electrons. The molecule has 1 aromatic carbocycles. The molecule has 5 heteroatoms. The first-order chi connectivity index (χ1) is 8.86. The van der Waals surface area contributed by atoms with Crippen molar-refractivity contribution in [3.05, 3.63) is 45.8 Å². The van der Waals surface area contributed by atoms with E-state index < -0.39 is 0 Å². The lowest BCUT2D eigenvalue weighted by Gasteiger charge is -2.19. The van der Waals surface area contributed by atoms with Crippen molar-refractivity contribution in [2.75, 3.05) is 0 Å². The second-order valence-corrected chi connectivity index (χ2v) is 6.36. The summed E-state index contributed by atoms with van der Waals surface area (Å²) in [6, 6.07) is 7.93. The summed E-state index contributed by atoms with van der Waals surface area (Å²) in [7, 11) is 0. The Morgan fingerprint density at radius 2 is 1.79 bits per heavy atom. The summed E-state index contributed by atoms with van der Waals surface area (Å²) in [5, 5.41) is 0.157. The highest BCUT2D eigenvalue weighted by atomic mass is 79.9. The number of halogens is 2. The number of hydrogen-bond donors (Lipinski definition) is 0. The zero-order valence-corrected chi connectivity index (χ0v) is 13.3. The van der Waals surface area contributed by atoms with Gasteiger partial charge in [-0.3, -0.25) is 0 Å². The average Bonchev–Trinajstić information content (AvgIpc) is 2.33. The quantitative estimate of drug-likeness (QED) is 0.722. The van der Waals surface area contributed by atoms with Crippen LogP contribution < -0.4 is 4.74 Å². The molecule has 0 aliphatic carbocycles. The Morgan fingerprint density at radius 3 is 2.37 bits per heavy atom. The van der Waals surface area contributed by atoms with E-state index in [9.17, 15) is 0 Å². The standard InChI is InChI=1S/C14H14BrClN2O/c1-14(2,3)9-4-6-10(7-5-9)19-12-11(15)8-17-13(16)18-12/h4-8H,1-3H3. The maximum atomic E-state index is 5.75. The molecule has 0 atom stereocenters. The molecule has 0 bridgehead atoms. The topological polar surface area (TPSA) is 35.0 Å². The smallest absolute Gasteiger partial charge is 0.237 e. The lowest BCUT2D eigenvalue weighted by Crippen LogP contribution is -2.10. The van der Waals surface area contributed by atoms with Crippen molar-refractivity contribution in [1.29, 1.82) is 0 Å². The third kappa shape index (κ3) is 3.67. The van der Waals surface area contributed by atoms with Gasteiger partial charge in [-0.05, 0) is 50.6 Å². The predicted octanol–water partition coefficient (Wildman–Crippen LogP) is 4.98. The molecule has 0 saturated heterocycles. The number of hydrogen-bond acceptors (Lipinski definition) is 3. The molecule has 0 saturated carbocycles. The Kier molecular flexibility index (Phi) is 4.11. The first kappa shape index (κ1) is 14.3. The Hall–Kier alpha value is -1.13. The molecule has 2 rings (SSSR count). The van der Waals surface area contributed by atoms with Gasteiger partial charge in [0.25, 0.3) is 0 Å². The first-order valence-corrected chi connectivity index (χ1v) is 7.00. The zero-order chi connectivity index (χ0) is 14.0. The molecule has 0 amide bonds. The van der Waals surface area contributed by atoms with E-state index in [1.54, 1.807) is 6.20 Å². The van der Waals surface area contributed by atoms with Crippen molar-refractivity contribution in [3.63, 3.8) is 0 Å². The van der Waals surface area contributed by atoms with Crippen LogP contribution in [0.25, 0.3) is 0 Å². The van der Waals surface area contributed by atoms with Crippen LogP contribution in [0.4, 0.5) is 0 Å². The average molecular weight is 342 g/mol. The number of nitrogens with zero attached hydrogens (tertiary/aromatic N) is 2. The molecule has 0 unspecified atom stereocenters. The minimum absolute atomic E-state index is 0.122. The highest BCUT2D eigenvalue weighted by Crippen LogP contribution is 2.29. The highest BCUT2D eigenvalue weighted by molar-refractivity contribution is 9.10. The van der Waals surface area contributed by atoms with Gasteiger partial charge in [0.05, 0.1) is 4.47 Å². The Balaban J connectivity index is 2.22. The van der Waals surface area contributed by atoms with Gasteiger partial charge in [-0.25, -0.2) is 4.98 Å². The fourth-order valence-electron chi connectivity index (χ4n) is 1.54. The molecule has 3 nitrogen and oxygen atoms in total. The van der Waals surface area contributed by atoms with E-state index in [0.29, 0.717) is 16.1 Å². The van der Waals surface area contributed by atoms with E-state index in [4.69, 9.17) is 16.3 Å². The van der Waals surface area contributed by atoms with E-state index in [1.807, 2.05) is 24.3 Å². The molecular formula is C14H14BrClN2O. The van der Waals surface area contributed by atoms with Crippen molar-refractivity contribution in [3.8, 4) is 11.6 Å². The summed E-state index contributed by atoms with van der Waals surface area (Å²) in [6.45, 7) is 6.51. The van der Waals surface area contributed by atoms with Crippen molar-refractivity contribution in [2.24, 2.45) is 0 Å². The van der Waals surface area contributed by atoms with Crippen LogP contribution in [0.1, 0.15) is 26.3 Å². The Labute approximate surface area is 126 Å². The molecular weight excluding hydrogens is 328 g/mol. The van der Waals surface area contributed by atoms with Crippen LogP contribution >= 0.6 is 27.5 Å². The van der Waals surface area contributed by atoms with Gasteiger partial charge < -0.3 is 4.74 Å². The monoisotopic (exact) mass is 340 g/mol. The molecule has 1 heterocycles. The van der Waals surface area contributed by atoms with Crippen LogP contribution in [-0.2, 0) is 5.41 Å². The number of benzene rings is 1. The van der Waals surface area contributed by atoms with Gasteiger partial charge in [0.2, 0.25) is 11.2 Å². The maximum Gasteiger partial charge on any atom is 0.237 e. The highest BCUT2D eigenvalue weighted by Gasteiger charge is 2.13. The van der Waals surface area contributed by atoms with Crippen LogP contribution in [0.3, 0.4) is 0 Å². The van der Waals surface area contributed by atoms with Gasteiger partial charge in [0.1, 0.15) is 5.75 Å². The number of ether oxygens (including phenoxy) is 1. The van der Waals surface area contributed by atoms with Gasteiger partial charge in [0, 0.05) is 6.20 Å². The molecule has 0 N–H and O–H groups in total. The number of rotatable bonds is 2. The maximum absolute atomic E-state index is 5.75. The van der Waals surface area contributed by atoms with Crippen molar-refractivity contribution in [1.82, 2.24) is 9.97 Å². The minimum atomic E-state index is 0.122. The van der Waals surface area contributed by atoms with Crippen LogP contribution in [0.2, 0.25) is 5.28 Å². The van der Waals surface area contributed by atoms with Gasteiger partial charge in [-0.15, -0.1) is 0 Å². The fraction of sp³-hybridized carbons (Fsp3) is 0.286. The van der Waals surface area contributed by atoms with Crippen LogP contribution in [0.15, 0.2) is 34.9 Å². The molecule has 2 aromatic rings. The largest absolute Gasteiger partial charge is 0.438 e. The van der Waals surface area contributed by atoms with Crippen LogP contribution in [0.5, 0.6) is 11.6 Å². The lowest BCUT2D eigenvalue weighted by atomic mass is 9.87. The van der Waals surface area contributed by atoms with Crippen molar-refractivity contribution < 1.29 is 4.74 Å². The molecule has 0 radical (unpaired) electrons. The third-order valence-electron chi connectivity index (χ3n) is 2.62. The van der Waals surface area contributed by atoms with E-state index >= 15 is 0 Å². The summed E-state index contributed by atoms with van der Waals surface area (Å²) in [5.41, 5.74) is 1.37. The minimum Gasteiger partial charge on any atom is -0.438 e. The van der Waals surface area contributed by atoms with Crippen LogP contribution in [0, 0.1) is 0 Å². The van der Waals surface area contributed by atoms with Crippen molar-refractivity contribution in [2.45, 2.75) is 26.2 Å². The van der Waals surface area contributed by atoms with Gasteiger partial charge in [0.15, 0.2) is 0 Å². The van der Waals surface area contributed by atoms with Crippen LogP contribution in [-0.4, -0.2) is 9.97 Å². The lowest BCUT2D eigenvalue weighted by molar-refractivity contribution is 0.457. The number of aromatic nitrogens is 2. The normalized spacial score (nSPS) is 11.4. The predicted molar refractivity (Wildman–Crippen MR) is 80.0 cm³/mol. The summed E-state index contributed by atoms with van der Waals surface area (Å²) in [6.07, 6.45) is 1.56. The van der Waals surface area contributed by atoms with Gasteiger partial charge in [-0.1, -0.05) is 32.9 Å². The molecule has 19 heavy (non-hydrogen) atoms.